The van der Waals surface area contributed by atoms with Gasteiger partial charge in [0.15, 0.2) is 0 Å². The van der Waals surface area contributed by atoms with Crippen molar-refractivity contribution in [1.82, 2.24) is 5.32 Å². The molecular formula is C14H17N. The summed E-state index contributed by atoms with van der Waals surface area (Å²) in [6.07, 6.45) is 7.67. The van der Waals surface area contributed by atoms with E-state index in [1.807, 2.05) is 0 Å². The van der Waals surface area contributed by atoms with E-state index >= 15 is 0 Å². The Labute approximate surface area is 91.9 Å². The second-order valence-corrected chi connectivity index (χ2v) is 4.79. The van der Waals surface area contributed by atoms with E-state index in [0.717, 1.165) is 12.8 Å². The first kappa shape index (κ1) is 10.3. The summed E-state index contributed by atoms with van der Waals surface area (Å²) in [7, 11) is 0. The molecule has 0 atom stereocenters. The maximum Gasteiger partial charge on any atom is 0.0743 e. The lowest BCUT2D eigenvalue weighted by Gasteiger charge is -2.24. The van der Waals surface area contributed by atoms with Gasteiger partial charge >= 0.3 is 0 Å². The maximum atomic E-state index is 5.48. The van der Waals surface area contributed by atoms with E-state index in [2.05, 4.69) is 49.4 Å². The highest BCUT2D eigenvalue weighted by atomic mass is 15.0. The molecular weight excluding hydrogens is 182 g/mol. The SMILES string of the molecule is C#CC(C)(C)NC1Cc2ccccc2C1. The van der Waals surface area contributed by atoms with Crippen molar-refractivity contribution in [2.24, 2.45) is 0 Å². The van der Waals surface area contributed by atoms with Crippen molar-refractivity contribution in [3.05, 3.63) is 35.4 Å². The topological polar surface area (TPSA) is 12.0 Å². The molecule has 1 aliphatic carbocycles. The van der Waals surface area contributed by atoms with Gasteiger partial charge in [-0.05, 0) is 37.8 Å². The molecule has 2 rings (SSSR count). The highest BCUT2D eigenvalue weighted by Crippen LogP contribution is 2.22. The van der Waals surface area contributed by atoms with Gasteiger partial charge in [-0.2, -0.15) is 0 Å². The molecule has 1 N–H and O–H groups in total. The molecule has 0 bridgehead atoms. The average Bonchev–Trinajstić information content (AvgIpc) is 2.58. The van der Waals surface area contributed by atoms with Gasteiger partial charge in [-0.15, -0.1) is 6.42 Å². The summed E-state index contributed by atoms with van der Waals surface area (Å²) >= 11 is 0. The Morgan fingerprint density at radius 2 is 1.80 bits per heavy atom. The average molecular weight is 199 g/mol. The van der Waals surface area contributed by atoms with E-state index in [1.54, 1.807) is 0 Å². The molecule has 0 saturated carbocycles. The lowest BCUT2D eigenvalue weighted by atomic mass is 10.0. The number of fused-ring (bicyclic) bond motifs is 1. The molecule has 78 valence electrons. The smallest absolute Gasteiger partial charge is 0.0743 e. The van der Waals surface area contributed by atoms with Crippen LogP contribution in [0.4, 0.5) is 0 Å². The first-order chi connectivity index (χ1) is 7.11. The summed E-state index contributed by atoms with van der Waals surface area (Å²) in [6.45, 7) is 4.10. The molecule has 0 unspecified atom stereocenters. The number of hydrogen-bond acceptors (Lipinski definition) is 1. The number of hydrogen-bond donors (Lipinski definition) is 1. The van der Waals surface area contributed by atoms with Crippen LogP contribution in [-0.4, -0.2) is 11.6 Å². The second-order valence-electron chi connectivity index (χ2n) is 4.79. The molecule has 1 aliphatic rings. The van der Waals surface area contributed by atoms with Gasteiger partial charge in [-0.3, -0.25) is 5.32 Å². The third kappa shape index (κ3) is 2.22. The van der Waals surface area contributed by atoms with Crippen molar-refractivity contribution < 1.29 is 0 Å². The zero-order chi connectivity index (χ0) is 10.9. The maximum absolute atomic E-state index is 5.48. The minimum absolute atomic E-state index is 0.202. The van der Waals surface area contributed by atoms with E-state index in [0.29, 0.717) is 6.04 Å². The van der Waals surface area contributed by atoms with Crippen molar-refractivity contribution in [2.75, 3.05) is 0 Å². The predicted molar refractivity (Wildman–Crippen MR) is 63.7 cm³/mol. The summed E-state index contributed by atoms with van der Waals surface area (Å²) in [5, 5.41) is 3.52. The number of benzene rings is 1. The summed E-state index contributed by atoms with van der Waals surface area (Å²) < 4.78 is 0. The summed E-state index contributed by atoms with van der Waals surface area (Å²) in [6, 6.07) is 9.12. The molecule has 0 aromatic heterocycles. The first-order valence-corrected chi connectivity index (χ1v) is 5.43. The van der Waals surface area contributed by atoms with Gasteiger partial charge in [0, 0.05) is 6.04 Å². The Kier molecular flexibility index (Phi) is 2.54. The van der Waals surface area contributed by atoms with Crippen LogP contribution >= 0.6 is 0 Å². The van der Waals surface area contributed by atoms with Crippen molar-refractivity contribution in [1.29, 1.82) is 0 Å². The van der Waals surface area contributed by atoms with Gasteiger partial charge in [0.05, 0.1) is 5.54 Å². The van der Waals surface area contributed by atoms with Crippen LogP contribution in [0.15, 0.2) is 24.3 Å². The van der Waals surface area contributed by atoms with Crippen LogP contribution in [0.3, 0.4) is 0 Å². The van der Waals surface area contributed by atoms with Gasteiger partial charge < -0.3 is 0 Å². The van der Waals surface area contributed by atoms with Crippen LogP contribution in [0.1, 0.15) is 25.0 Å². The molecule has 1 nitrogen and oxygen atoms in total. The quantitative estimate of drug-likeness (QED) is 0.720. The van der Waals surface area contributed by atoms with E-state index in [4.69, 9.17) is 6.42 Å². The van der Waals surface area contributed by atoms with Crippen molar-refractivity contribution >= 4 is 0 Å². The third-order valence-electron chi connectivity index (χ3n) is 2.98. The van der Waals surface area contributed by atoms with Crippen molar-refractivity contribution in [2.45, 2.75) is 38.3 Å². The highest BCUT2D eigenvalue weighted by Gasteiger charge is 2.25. The van der Waals surface area contributed by atoms with E-state index < -0.39 is 0 Å². The Bertz CT molecular complexity index is 373. The van der Waals surface area contributed by atoms with Crippen LogP contribution in [0.5, 0.6) is 0 Å². The number of nitrogens with one attached hydrogen (secondary N) is 1. The van der Waals surface area contributed by atoms with Gasteiger partial charge in [0.2, 0.25) is 0 Å². The van der Waals surface area contributed by atoms with E-state index in [-0.39, 0.29) is 5.54 Å². The molecule has 1 aromatic rings. The van der Waals surface area contributed by atoms with Crippen LogP contribution in [0, 0.1) is 12.3 Å². The fourth-order valence-electron chi connectivity index (χ4n) is 2.21. The molecule has 0 radical (unpaired) electrons. The minimum atomic E-state index is -0.202. The third-order valence-corrected chi connectivity index (χ3v) is 2.98. The molecule has 0 saturated heterocycles. The fourth-order valence-corrected chi connectivity index (χ4v) is 2.21. The molecule has 1 aromatic carbocycles. The lowest BCUT2D eigenvalue weighted by Crippen LogP contribution is -2.45. The Balaban J connectivity index is 2.06. The summed E-state index contributed by atoms with van der Waals surface area (Å²) in [5.41, 5.74) is 2.72. The van der Waals surface area contributed by atoms with Crippen molar-refractivity contribution in [3.63, 3.8) is 0 Å². The molecule has 0 amide bonds. The van der Waals surface area contributed by atoms with Gasteiger partial charge in [0.1, 0.15) is 0 Å². The monoisotopic (exact) mass is 199 g/mol. The molecule has 0 aliphatic heterocycles. The summed E-state index contributed by atoms with van der Waals surface area (Å²) in [4.78, 5) is 0. The Hall–Kier alpha value is -1.26. The van der Waals surface area contributed by atoms with Crippen molar-refractivity contribution in [3.8, 4) is 12.3 Å². The normalized spacial score (nSPS) is 16.1. The summed E-state index contributed by atoms with van der Waals surface area (Å²) in [5.74, 6) is 2.78. The highest BCUT2D eigenvalue weighted by molar-refractivity contribution is 5.33. The van der Waals surface area contributed by atoms with Gasteiger partial charge in [0.25, 0.3) is 0 Å². The zero-order valence-corrected chi connectivity index (χ0v) is 9.38. The predicted octanol–water partition coefficient (Wildman–Crippen LogP) is 2.16. The van der Waals surface area contributed by atoms with Crippen LogP contribution in [-0.2, 0) is 12.8 Å². The van der Waals surface area contributed by atoms with E-state index in [1.165, 1.54) is 11.1 Å². The first-order valence-electron chi connectivity index (χ1n) is 5.43. The molecule has 0 fully saturated rings. The number of terminal acetylenes is 1. The minimum Gasteiger partial charge on any atom is -0.298 e. The second kappa shape index (κ2) is 3.72. The molecule has 1 heteroatoms. The van der Waals surface area contributed by atoms with Crippen LogP contribution in [0.2, 0.25) is 0 Å². The van der Waals surface area contributed by atoms with Gasteiger partial charge in [-0.1, -0.05) is 30.2 Å². The molecule has 0 spiro atoms. The largest absolute Gasteiger partial charge is 0.298 e. The number of rotatable bonds is 2. The van der Waals surface area contributed by atoms with Crippen LogP contribution in [0.25, 0.3) is 0 Å². The molecule has 15 heavy (non-hydrogen) atoms. The Morgan fingerprint density at radius 1 is 1.27 bits per heavy atom. The molecule has 0 heterocycles. The lowest BCUT2D eigenvalue weighted by molar-refractivity contribution is 0.413. The van der Waals surface area contributed by atoms with Crippen LogP contribution < -0.4 is 5.32 Å². The zero-order valence-electron chi connectivity index (χ0n) is 9.38. The Morgan fingerprint density at radius 3 is 2.27 bits per heavy atom. The van der Waals surface area contributed by atoms with Gasteiger partial charge in [-0.25, -0.2) is 0 Å². The van der Waals surface area contributed by atoms with E-state index in [9.17, 15) is 0 Å². The standard InChI is InChI=1S/C14H17N/c1-4-14(2,3)15-13-9-11-7-5-6-8-12(11)10-13/h1,5-8,13,15H,9-10H2,2-3H3. The fraction of sp³-hybridized carbons (Fsp3) is 0.429.